The van der Waals surface area contributed by atoms with Crippen molar-refractivity contribution in [2.75, 3.05) is 7.11 Å². The molecule has 1 aromatic heterocycles. The van der Waals surface area contributed by atoms with Gasteiger partial charge in [-0.1, -0.05) is 0 Å². The molecule has 0 N–H and O–H groups in total. The lowest BCUT2D eigenvalue weighted by Crippen LogP contribution is -1.86. The van der Waals surface area contributed by atoms with Crippen molar-refractivity contribution >= 4 is 34.1 Å². The predicted octanol–water partition coefficient (Wildman–Crippen LogP) is 3.34. The van der Waals surface area contributed by atoms with Crippen molar-refractivity contribution in [3.05, 3.63) is 23.3 Å². The Morgan fingerprint density at radius 2 is 2.23 bits per heavy atom. The Balaban J connectivity index is 2.76. The van der Waals surface area contributed by atoms with Crippen LogP contribution in [0.2, 0.25) is 0 Å². The van der Waals surface area contributed by atoms with E-state index in [4.69, 9.17) is 4.74 Å². The van der Waals surface area contributed by atoms with E-state index < -0.39 is 0 Å². The van der Waals surface area contributed by atoms with Crippen LogP contribution in [-0.2, 0) is 0 Å². The second-order valence-electron chi connectivity index (χ2n) is 2.60. The first-order chi connectivity index (χ1) is 6.22. The summed E-state index contributed by atoms with van der Waals surface area (Å²) in [6, 6.07) is 3.14. The van der Waals surface area contributed by atoms with Gasteiger partial charge >= 0.3 is 0 Å². The van der Waals surface area contributed by atoms with Crippen molar-refractivity contribution in [3.63, 3.8) is 0 Å². The van der Waals surface area contributed by atoms with E-state index >= 15 is 0 Å². The van der Waals surface area contributed by atoms with Crippen LogP contribution in [0.1, 0.15) is 0 Å². The molecule has 0 saturated heterocycles. The lowest BCUT2D eigenvalue weighted by molar-refractivity contribution is 0.387. The van der Waals surface area contributed by atoms with Crippen LogP contribution in [0, 0.1) is 5.82 Å². The Hall–Kier alpha value is -0.740. The zero-order valence-corrected chi connectivity index (χ0v) is 8.58. The Kier molecular flexibility index (Phi) is 2.17. The fourth-order valence-corrected chi connectivity index (χ4v) is 2.43. The molecule has 0 fully saturated rings. The van der Waals surface area contributed by atoms with Crippen LogP contribution in [0.3, 0.4) is 0 Å². The second-order valence-corrected chi connectivity index (χ2v) is 4.00. The van der Waals surface area contributed by atoms with Crippen LogP contribution in [0.25, 0.3) is 10.1 Å². The van der Waals surface area contributed by atoms with Crippen LogP contribution in [0.4, 0.5) is 4.39 Å². The Morgan fingerprint density at radius 3 is 2.92 bits per heavy atom. The number of thiophene rings is 1. The summed E-state index contributed by atoms with van der Waals surface area (Å²) >= 11 is 5.74. The van der Waals surface area contributed by atoms with Crippen LogP contribution in [-0.4, -0.2) is 7.11 Å². The molecule has 1 aromatic carbocycles. The van der Waals surface area contributed by atoms with E-state index in [1.165, 1.54) is 24.5 Å². The molecule has 0 atom stereocenters. The van der Waals surface area contributed by atoms with Crippen LogP contribution >= 0.6 is 24.0 Å². The molecular formula is C9H7FOS2. The monoisotopic (exact) mass is 214 g/mol. The Morgan fingerprint density at radius 1 is 1.46 bits per heavy atom. The molecule has 1 nitrogen and oxygen atoms in total. The molecule has 0 unspecified atom stereocenters. The minimum Gasteiger partial charge on any atom is -0.494 e. The molecular weight excluding hydrogens is 207 g/mol. The van der Waals surface area contributed by atoms with Crippen molar-refractivity contribution in [2.45, 2.75) is 4.90 Å². The molecule has 0 spiro atoms. The largest absolute Gasteiger partial charge is 0.494 e. The first kappa shape index (κ1) is 8.84. The number of fused-ring (bicyclic) bond motifs is 1. The maximum atomic E-state index is 13.2. The van der Waals surface area contributed by atoms with Crippen LogP contribution < -0.4 is 4.74 Å². The van der Waals surface area contributed by atoms with Gasteiger partial charge in [0.15, 0.2) is 11.6 Å². The molecule has 2 aromatic rings. The van der Waals surface area contributed by atoms with Gasteiger partial charge in [0.1, 0.15) is 0 Å². The lowest BCUT2D eigenvalue weighted by atomic mass is 10.2. The average Bonchev–Trinajstić information content (AvgIpc) is 2.47. The highest BCUT2D eigenvalue weighted by Crippen LogP contribution is 2.33. The molecule has 2 rings (SSSR count). The van der Waals surface area contributed by atoms with Crippen LogP contribution in [0.15, 0.2) is 22.4 Å². The number of rotatable bonds is 1. The van der Waals surface area contributed by atoms with E-state index in [9.17, 15) is 4.39 Å². The number of hydrogen-bond acceptors (Lipinski definition) is 3. The van der Waals surface area contributed by atoms with Gasteiger partial charge in [-0.25, -0.2) is 4.39 Å². The second kappa shape index (κ2) is 3.20. The highest BCUT2D eigenvalue weighted by atomic mass is 32.1. The summed E-state index contributed by atoms with van der Waals surface area (Å²) in [5, 5.41) is 2.72. The summed E-state index contributed by atoms with van der Waals surface area (Å²) in [5.41, 5.74) is 0. The van der Waals surface area contributed by atoms with E-state index in [0.29, 0.717) is 0 Å². The van der Waals surface area contributed by atoms with E-state index in [0.717, 1.165) is 15.0 Å². The van der Waals surface area contributed by atoms with Gasteiger partial charge in [-0.15, -0.1) is 24.0 Å². The molecule has 0 amide bonds. The molecule has 13 heavy (non-hydrogen) atoms. The van der Waals surface area contributed by atoms with Gasteiger partial charge in [-0.2, -0.15) is 0 Å². The summed E-state index contributed by atoms with van der Waals surface area (Å²) < 4.78 is 19.1. The SMILES string of the molecule is COc1cc2scc(S)c2cc1F. The number of thiol groups is 1. The van der Waals surface area contributed by atoms with Crippen molar-refractivity contribution < 1.29 is 9.13 Å². The summed E-state index contributed by atoms with van der Waals surface area (Å²) in [6.07, 6.45) is 0. The number of benzene rings is 1. The molecule has 0 bridgehead atoms. The number of halogens is 1. The maximum absolute atomic E-state index is 13.2. The molecule has 0 aliphatic heterocycles. The van der Waals surface area contributed by atoms with E-state index in [1.54, 1.807) is 6.07 Å². The fourth-order valence-electron chi connectivity index (χ4n) is 1.17. The third-order valence-corrected chi connectivity index (χ3v) is 3.32. The minimum atomic E-state index is -0.344. The number of ether oxygens (including phenoxy) is 1. The van der Waals surface area contributed by atoms with E-state index in [2.05, 4.69) is 12.6 Å². The van der Waals surface area contributed by atoms with Gasteiger partial charge in [0.25, 0.3) is 0 Å². The molecule has 0 radical (unpaired) electrons. The maximum Gasteiger partial charge on any atom is 0.165 e. The van der Waals surface area contributed by atoms with Gasteiger partial charge < -0.3 is 4.74 Å². The summed E-state index contributed by atoms with van der Waals surface area (Å²) in [5.74, 6) is -0.0635. The standard InChI is InChI=1S/C9H7FOS2/c1-11-7-3-9-5(2-6(7)10)8(12)4-13-9/h2-4,12H,1H3. The van der Waals surface area contributed by atoms with E-state index in [1.807, 2.05) is 5.38 Å². The molecule has 0 aliphatic rings. The lowest BCUT2D eigenvalue weighted by Gasteiger charge is -2.01. The van der Waals surface area contributed by atoms with Gasteiger partial charge in [0.05, 0.1) is 7.11 Å². The highest BCUT2D eigenvalue weighted by molar-refractivity contribution is 7.80. The topological polar surface area (TPSA) is 9.23 Å². The van der Waals surface area contributed by atoms with E-state index in [-0.39, 0.29) is 11.6 Å². The van der Waals surface area contributed by atoms with Gasteiger partial charge in [-0.3, -0.25) is 0 Å². The van der Waals surface area contributed by atoms with Crippen molar-refractivity contribution in [1.82, 2.24) is 0 Å². The molecule has 1 heterocycles. The fraction of sp³-hybridized carbons (Fsp3) is 0.111. The molecule has 68 valence electrons. The molecule has 0 saturated carbocycles. The van der Waals surface area contributed by atoms with Gasteiger partial charge in [0, 0.05) is 26.4 Å². The third kappa shape index (κ3) is 1.40. The number of methoxy groups -OCH3 is 1. The predicted molar refractivity (Wildman–Crippen MR) is 55.6 cm³/mol. The average molecular weight is 214 g/mol. The highest BCUT2D eigenvalue weighted by Gasteiger charge is 2.07. The minimum absolute atomic E-state index is 0.280. The van der Waals surface area contributed by atoms with Crippen molar-refractivity contribution in [3.8, 4) is 5.75 Å². The zero-order valence-electron chi connectivity index (χ0n) is 6.87. The molecule has 4 heteroatoms. The summed E-state index contributed by atoms with van der Waals surface area (Å²) in [7, 11) is 1.46. The first-order valence-electron chi connectivity index (χ1n) is 3.66. The van der Waals surface area contributed by atoms with Gasteiger partial charge in [0.2, 0.25) is 0 Å². The van der Waals surface area contributed by atoms with Crippen molar-refractivity contribution in [1.29, 1.82) is 0 Å². The van der Waals surface area contributed by atoms with Gasteiger partial charge in [-0.05, 0) is 6.07 Å². The summed E-state index contributed by atoms with van der Waals surface area (Å²) in [4.78, 5) is 0.807. The number of hydrogen-bond donors (Lipinski definition) is 1. The first-order valence-corrected chi connectivity index (χ1v) is 4.99. The third-order valence-electron chi connectivity index (χ3n) is 1.83. The van der Waals surface area contributed by atoms with Crippen molar-refractivity contribution in [2.24, 2.45) is 0 Å². The quantitative estimate of drug-likeness (QED) is 0.716. The van der Waals surface area contributed by atoms with Crippen LogP contribution in [0.5, 0.6) is 5.75 Å². The molecule has 0 aliphatic carbocycles. The normalized spacial score (nSPS) is 10.7. The Labute approximate surface area is 84.6 Å². The Bertz CT molecular complexity index is 450. The smallest absolute Gasteiger partial charge is 0.165 e. The zero-order chi connectivity index (χ0) is 9.42. The summed E-state index contributed by atoms with van der Waals surface area (Å²) in [6.45, 7) is 0.